The first kappa shape index (κ1) is 15.3. The van der Waals surface area contributed by atoms with Gasteiger partial charge in [0.05, 0.1) is 0 Å². The van der Waals surface area contributed by atoms with E-state index in [1.54, 1.807) is 0 Å². The summed E-state index contributed by atoms with van der Waals surface area (Å²) in [5, 5.41) is 0. The molecule has 112 valence electrons. The molecule has 0 spiro atoms. The molecule has 0 amide bonds. The van der Waals surface area contributed by atoms with Crippen molar-refractivity contribution in [2.24, 2.45) is 11.1 Å². The lowest BCUT2D eigenvalue weighted by Gasteiger charge is -2.44. The molecule has 0 radical (unpaired) electrons. The Bertz CT molecular complexity index is 266. The van der Waals surface area contributed by atoms with E-state index in [0.717, 1.165) is 6.54 Å². The Balaban J connectivity index is 2.06. The summed E-state index contributed by atoms with van der Waals surface area (Å²) in [5.41, 5.74) is 7.13. The van der Waals surface area contributed by atoms with Gasteiger partial charge in [0, 0.05) is 12.1 Å². The van der Waals surface area contributed by atoms with Crippen LogP contribution in [-0.2, 0) is 0 Å². The first-order chi connectivity index (χ1) is 9.08. The second-order valence-electron chi connectivity index (χ2n) is 7.70. The molecule has 0 aromatic rings. The van der Waals surface area contributed by atoms with E-state index in [-0.39, 0.29) is 0 Å². The SMILES string of the molecule is CC1(C)CCCC(CN)(N2CCCCCCC2)CC1. The van der Waals surface area contributed by atoms with Gasteiger partial charge in [-0.15, -0.1) is 0 Å². The van der Waals surface area contributed by atoms with Crippen molar-refractivity contribution in [1.29, 1.82) is 0 Å². The van der Waals surface area contributed by atoms with E-state index in [2.05, 4.69) is 18.7 Å². The second kappa shape index (κ2) is 6.58. The maximum absolute atomic E-state index is 6.28. The number of nitrogens with two attached hydrogens (primary N) is 1. The smallest absolute Gasteiger partial charge is 0.0331 e. The Kier molecular flexibility index (Phi) is 5.30. The summed E-state index contributed by atoms with van der Waals surface area (Å²) in [5.74, 6) is 0. The monoisotopic (exact) mass is 266 g/mol. The molecule has 1 saturated carbocycles. The molecule has 2 fully saturated rings. The fourth-order valence-corrected chi connectivity index (χ4v) is 4.09. The van der Waals surface area contributed by atoms with Crippen LogP contribution < -0.4 is 5.73 Å². The predicted molar refractivity (Wildman–Crippen MR) is 83.3 cm³/mol. The summed E-state index contributed by atoms with van der Waals surface area (Å²) < 4.78 is 0. The zero-order chi connectivity index (χ0) is 13.8. The first-order valence-corrected chi connectivity index (χ1v) is 8.53. The molecular formula is C17H34N2. The van der Waals surface area contributed by atoms with E-state index in [1.807, 2.05) is 0 Å². The number of likely N-dealkylation sites (tertiary alicyclic amines) is 1. The summed E-state index contributed by atoms with van der Waals surface area (Å²) in [4.78, 5) is 2.79. The molecule has 1 atom stereocenters. The quantitative estimate of drug-likeness (QED) is 0.767. The van der Waals surface area contributed by atoms with Crippen LogP contribution in [-0.4, -0.2) is 30.1 Å². The number of hydrogen-bond acceptors (Lipinski definition) is 2. The van der Waals surface area contributed by atoms with Crippen molar-refractivity contribution >= 4 is 0 Å². The fourth-order valence-electron chi connectivity index (χ4n) is 4.09. The Morgan fingerprint density at radius 1 is 0.789 bits per heavy atom. The summed E-state index contributed by atoms with van der Waals surface area (Å²) in [6, 6.07) is 0. The first-order valence-electron chi connectivity index (χ1n) is 8.53. The minimum Gasteiger partial charge on any atom is -0.329 e. The van der Waals surface area contributed by atoms with Gasteiger partial charge in [0.25, 0.3) is 0 Å². The van der Waals surface area contributed by atoms with E-state index in [4.69, 9.17) is 5.73 Å². The molecule has 1 aliphatic carbocycles. The summed E-state index contributed by atoms with van der Waals surface area (Å²) >= 11 is 0. The van der Waals surface area contributed by atoms with Crippen molar-refractivity contribution in [1.82, 2.24) is 4.90 Å². The molecule has 0 aromatic carbocycles. The van der Waals surface area contributed by atoms with Crippen LogP contribution in [0.5, 0.6) is 0 Å². The van der Waals surface area contributed by atoms with E-state index < -0.39 is 0 Å². The van der Waals surface area contributed by atoms with Gasteiger partial charge in [-0.05, 0) is 57.0 Å². The van der Waals surface area contributed by atoms with Crippen molar-refractivity contribution < 1.29 is 0 Å². The number of nitrogens with zero attached hydrogens (tertiary/aromatic N) is 1. The van der Waals surface area contributed by atoms with Gasteiger partial charge < -0.3 is 5.73 Å². The van der Waals surface area contributed by atoms with Gasteiger partial charge in [-0.2, -0.15) is 0 Å². The summed E-state index contributed by atoms with van der Waals surface area (Å²) in [6.07, 6.45) is 13.8. The number of hydrogen-bond donors (Lipinski definition) is 1. The van der Waals surface area contributed by atoms with Crippen LogP contribution in [0.15, 0.2) is 0 Å². The second-order valence-corrected chi connectivity index (χ2v) is 7.70. The lowest BCUT2D eigenvalue weighted by molar-refractivity contribution is 0.0665. The third-order valence-electron chi connectivity index (χ3n) is 5.67. The van der Waals surface area contributed by atoms with Crippen LogP contribution in [0.25, 0.3) is 0 Å². The van der Waals surface area contributed by atoms with Gasteiger partial charge in [-0.25, -0.2) is 0 Å². The van der Waals surface area contributed by atoms with Gasteiger partial charge in [-0.1, -0.05) is 39.5 Å². The highest BCUT2D eigenvalue weighted by Gasteiger charge is 2.38. The van der Waals surface area contributed by atoms with E-state index in [1.165, 1.54) is 77.3 Å². The maximum atomic E-state index is 6.28. The molecule has 2 nitrogen and oxygen atoms in total. The lowest BCUT2D eigenvalue weighted by Crippen LogP contribution is -2.54. The molecule has 0 aromatic heterocycles. The highest BCUT2D eigenvalue weighted by molar-refractivity contribution is 4.96. The van der Waals surface area contributed by atoms with Gasteiger partial charge in [0.15, 0.2) is 0 Å². The Morgan fingerprint density at radius 2 is 1.42 bits per heavy atom. The molecule has 2 aliphatic rings. The normalized spacial score (nSPS) is 34.3. The molecule has 1 heterocycles. The van der Waals surface area contributed by atoms with Crippen LogP contribution >= 0.6 is 0 Å². The van der Waals surface area contributed by atoms with Crippen molar-refractivity contribution in [3.05, 3.63) is 0 Å². The van der Waals surface area contributed by atoms with Crippen molar-refractivity contribution in [3.8, 4) is 0 Å². The molecule has 1 aliphatic heterocycles. The minimum absolute atomic E-state index is 0.325. The molecule has 0 bridgehead atoms. The van der Waals surface area contributed by atoms with Gasteiger partial charge in [-0.3, -0.25) is 4.90 Å². The Morgan fingerprint density at radius 3 is 2.05 bits per heavy atom. The predicted octanol–water partition coefficient (Wildman–Crippen LogP) is 3.94. The van der Waals surface area contributed by atoms with Gasteiger partial charge in [0.2, 0.25) is 0 Å². The molecule has 2 rings (SSSR count). The average Bonchev–Trinajstić information content (AvgIpc) is 2.48. The average molecular weight is 266 g/mol. The molecule has 1 unspecified atom stereocenters. The molecule has 19 heavy (non-hydrogen) atoms. The lowest BCUT2D eigenvalue weighted by atomic mass is 9.82. The van der Waals surface area contributed by atoms with Crippen LogP contribution in [0.2, 0.25) is 0 Å². The number of rotatable bonds is 2. The van der Waals surface area contributed by atoms with E-state index >= 15 is 0 Å². The molecular weight excluding hydrogens is 232 g/mol. The van der Waals surface area contributed by atoms with E-state index in [9.17, 15) is 0 Å². The standard InChI is InChI=1S/C17H34N2/c1-16(2)9-8-10-17(15-18,12-11-16)19-13-6-4-3-5-7-14-19/h3-15,18H2,1-2H3. The van der Waals surface area contributed by atoms with Crippen molar-refractivity contribution in [2.45, 2.75) is 83.6 Å². The van der Waals surface area contributed by atoms with Crippen molar-refractivity contribution in [2.75, 3.05) is 19.6 Å². The zero-order valence-electron chi connectivity index (χ0n) is 13.2. The molecule has 2 N–H and O–H groups in total. The highest BCUT2D eigenvalue weighted by atomic mass is 15.2. The van der Waals surface area contributed by atoms with Crippen LogP contribution in [0.1, 0.15) is 78.1 Å². The Hall–Kier alpha value is -0.0800. The largest absolute Gasteiger partial charge is 0.329 e. The van der Waals surface area contributed by atoms with Crippen LogP contribution in [0, 0.1) is 5.41 Å². The topological polar surface area (TPSA) is 29.3 Å². The summed E-state index contributed by atoms with van der Waals surface area (Å²) in [6.45, 7) is 8.32. The van der Waals surface area contributed by atoms with Crippen molar-refractivity contribution in [3.63, 3.8) is 0 Å². The third-order valence-corrected chi connectivity index (χ3v) is 5.67. The van der Waals surface area contributed by atoms with Gasteiger partial charge >= 0.3 is 0 Å². The van der Waals surface area contributed by atoms with E-state index in [0.29, 0.717) is 11.0 Å². The fraction of sp³-hybridized carbons (Fsp3) is 1.00. The van der Waals surface area contributed by atoms with Gasteiger partial charge in [0.1, 0.15) is 0 Å². The molecule has 2 heteroatoms. The minimum atomic E-state index is 0.325. The van der Waals surface area contributed by atoms with Crippen LogP contribution in [0.3, 0.4) is 0 Å². The highest BCUT2D eigenvalue weighted by Crippen LogP contribution is 2.40. The summed E-state index contributed by atoms with van der Waals surface area (Å²) in [7, 11) is 0. The van der Waals surface area contributed by atoms with Crippen LogP contribution in [0.4, 0.5) is 0 Å². The molecule has 1 saturated heterocycles. The Labute approximate surface area is 120 Å². The maximum Gasteiger partial charge on any atom is 0.0331 e. The third kappa shape index (κ3) is 3.95. The zero-order valence-corrected chi connectivity index (χ0v) is 13.2.